The fraction of sp³-hybridized carbons (Fsp3) is 0.600. The maximum atomic E-state index is 12.7. The maximum absolute atomic E-state index is 12.7. The Balaban J connectivity index is 2.15. The van der Waals surface area contributed by atoms with Gasteiger partial charge in [0.25, 0.3) is 5.91 Å². The first-order valence-corrected chi connectivity index (χ1v) is 7.32. The number of ether oxygens (including phenoxy) is 1. The molecule has 1 atom stereocenters. The van der Waals surface area contributed by atoms with Crippen LogP contribution in [0.1, 0.15) is 37.0 Å². The molecule has 2 heterocycles. The SMILES string of the molecule is CCCNc1ncccc1C(=O)N1CCCOC(C)C1. The number of carbonyl (C=O) groups is 1. The molecular weight excluding hydrogens is 254 g/mol. The van der Waals surface area contributed by atoms with E-state index in [4.69, 9.17) is 4.74 Å². The molecule has 0 radical (unpaired) electrons. The third-order valence-electron chi connectivity index (χ3n) is 3.32. The summed E-state index contributed by atoms with van der Waals surface area (Å²) in [5.41, 5.74) is 0.648. The van der Waals surface area contributed by atoms with Crippen molar-refractivity contribution in [1.29, 1.82) is 0 Å². The topological polar surface area (TPSA) is 54.5 Å². The van der Waals surface area contributed by atoms with Crippen LogP contribution in [-0.4, -0.2) is 48.1 Å². The number of hydrogen-bond acceptors (Lipinski definition) is 4. The van der Waals surface area contributed by atoms with E-state index in [9.17, 15) is 4.79 Å². The number of nitrogens with one attached hydrogen (secondary N) is 1. The smallest absolute Gasteiger partial charge is 0.257 e. The van der Waals surface area contributed by atoms with Gasteiger partial charge in [-0.25, -0.2) is 4.98 Å². The number of rotatable bonds is 4. The first-order valence-electron chi connectivity index (χ1n) is 7.32. The van der Waals surface area contributed by atoms with Gasteiger partial charge in [-0.2, -0.15) is 0 Å². The summed E-state index contributed by atoms with van der Waals surface area (Å²) >= 11 is 0. The predicted octanol–water partition coefficient (Wildman–Crippen LogP) is 2.15. The Morgan fingerprint density at radius 3 is 3.25 bits per heavy atom. The third kappa shape index (κ3) is 3.70. The molecule has 110 valence electrons. The van der Waals surface area contributed by atoms with Gasteiger partial charge in [0.1, 0.15) is 5.82 Å². The lowest BCUT2D eigenvalue weighted by atomic mass is 10.2. The Morgan fingerprint density at radius 1 is 1.60 bits per heavy atom. The van der Waals surface area contributed by atoms with Crippen molar-refractivity contribution >= 4 is 11.7 Å². The Labute approximate surface area is 120 Å². The van der Waals surface area contributed by atoms with Crippen molar-refractivity contribution < 1.29 is 9.53 Å². The maximum Gasteiger partial charge on any atom is 0.257 e. The summed E-state index contributed by atoms with van der Waals surface area (Å²) in [6.07, 6.45) is 3.68. The second kappa shape index (κ2) is 7.24. The van der Waals surface area contributed by atoms with Crippen LogP contribution in [0.5, 0.6) is 0 Å². The lowest BCUT2D eigenvalue weighted by molar-refractivity contribution is 0.0563. The molecule has 1 saturated heterocycles. The minimum atomic E-state index is 0.0362. The van der Waals surface area contributed by atoms with Crippen LogP contribution in [-0.2, 0) is 4.74 Å². The molecule has 1 aliphatic rings. The van der Waals surface area contributed by atoms with Gasteiger partial charge in [0.05, 0.1) is 11.7 Å². The molecule has 5 heteroatoms. The van der Waals surface area contributed by atoms with Crippen molar-refractivity contribution in [3.05, 3.63) is 23.9 Å². The molecular formula is C15H23N3O2. The van der Waals surface area contributed by atoms with Gasteiger partial charge in [0, 0.05) is 32.4 Å². The van der Waals surface area contributed by atoms with E-state index in [2.05, 4.69) is 17.2 Å². The standard InChI is InChI=1S/C15H23N3O2/c1-3-7-16-14-13(6-4-8-17-14)15(19)18-9-5-10-20-12(2)11-18/h4,6,8,12H,3,5,7,9-11H2,1-2H3,(H,16,17). The van der Waals surface area contributed by atoms with Gasteiger partial charge in [-0.05, 0) is 31.9 Å². The largest absolute Gasteiger partial charge is 0.377 e. The summed E-state index contributed by atoms with van der Waals surface area (Å²) < 4.78 is 5.59. The molecule has 0 saturated carbocycles. The minimum absolute atomic E-state index is 0.0362. The van der Waals surface area contributed by atoms with Crippen molar-refractivity contribution in [2.24, 2.45) is 0 Å². The van der Waals surface area contributed by atoms with E-state index >= 15 is 0 Å². The van der Waals surface area contributed by atoms with E-state index in [-0.39, 0.29) is 12.0 Å². The van der Waals surface area contributed by atoms with Crippen molar-refractivity contribution in [2.45, 2.75) is 32.8 Å². The van der Waals surface area contributed by atoms with Gasteiger partial charge in [0.2, 0.25) is 0 Å². The minimum Gasteiger partial charge on any atom is -0.377 e. The highest BCUT2D eigenvalue weighted by Crippen LogP contribution is 2.16. The number of anilines is 1. The fourth-order valence-electron chi connectivity index (χ4n) is 2.31. The summed E-state index contributed by atoms with van der Waals surface area (Å²) in [6, 6.07) is 3.64. The predicted molar refractivity (Wildman–Crippen MR) is 79.0 cm³/mol. The zero-order valence-corrected chi connectivity index (χ0v) is 12.3. The summed E-state index contributed by atoms with van der Waals surface area (Å²) in [6.45, 7) is 7.01. The zero-order valence-electron chi connectivity index (χ0n) is 12.3. The monoisotopic (exact) mass is 277 g/mol. The lowest BCUT2D eigenvalue weighted by Crippen LogP contribution is -2.36. The number of aromatic nitrogens is 1. The van der Waals surface area contributed by atoms with Crippen LogP contribution in [0.25, 0.3) is 0 Å². The molecule has 1 unspecified atom stereocenters. The van der Waals surface area contributed by atoms with Crippen molar-refractivity contribution in [2.75, 3.05) is 31.6 Å². The summed E-state index contributed by atoms with van der Waals surface area (Å²) in [4.78, 5) is 18.8. The highest BCUT2D eigenvalue weighted by molar-refractivity contribution is 5.98. The van der Waals surface area contributed by atoms with Crippen LogP contribution in [0.4, 0.5) is 5.82 Å². The molecule has 20 heavy (non-hydrogen) atoms. The Morgan fingerprint density at radius 2 is 2.45 bits per heavy atom. The molecule has 0 aromatic carbocycles. The molecule has 2 rings (SSSR count). The number of carbonyl (C=O) groups excluding carboxylic acids is 1. The van der Waals surface area contributed by atoms with Crippen LogP contribution in [0.15, 0.2) is 18.3 Å². The summed E-state index contributed by atoms with van der Waals surface area (Å²) in [5, 5.41) is 3.22. The van der Waals surface area contributed by atoms with Gasteiger partial charge in [-0.1, -0.05) is 6.92 Å². The average Bonchev–Trinajstić information content (AvgIpc) is 2.69. The van der Waals surface area contributed by atoms with Gasteiger partial charge >= 0.3 is 0 Å². The lowest BCUT2D eigenvalue weighted by Gasteiger charge is -2.23. The van der Waals surface area contributed by atoms with Gasteiger partial charge in [-0.15, -0.1) is 0 Å². The van der Waals surface area contributed by atoms with E-state index in [1.54, 1.807) is 6.20 Å². The number of hydrogen-bond donors (Lipinski definition) is 1. The molecule has 0 spiro atoms. The third-order valence-corrected chi connectivity index (χ3v) is 3.32. The molecule has 0 aliphatic carbocycles. The average molecular weight is 277 g/mol. The van der Waals surface area contributed by atoms with Gasteiger partial charge in [-0.3, -0.25) is 4.79 Å². The van der Waals surface area contributed by atoms with Crippen molar-refractivity contribution in [1.82, 2.24) is 9.88 Å². The van der Waals surface area contributed by atoms with Crippen molar-refractivity contribution in [3.63, 3.8) is 0 Å². The normalized spacial score (nSPS) is 19.5. The first kappa shape index (κ1) is 14.8. The zero-order chi connectivity index (χ0) is 14.4. The molecule has 1 N–H and O–H groups in total. The Kier molecular flexibility index (Phi) is 5.35. The number of amides is 1. The second-order valence-corrected chi connectivity index (χ2v) is 5.11. The molecule has 1 aliphatic heterocycles. The van der Waals surface area contributed by atoms with E-state index in [0.717, 1.165) is 32.5 Å². The van der Waals surface area contributed by atoms with E-state index in [1.165, 1.54) is 0 Å². The van der Waals surface area contributed by atoms with Gasteiger partial charge in [0.15, 0.2) is 0 Å². The molecule has 1 amide bonds. The van der Waals surface area contributed by atoms with Crippen LogP contribution in [0.2, 0.25) is 0 Å². The highest BCUT2D eigenvalue weighted by atomic mass is 16.5. The summed E-state index contributed by atoms with van der Waals surface area (Å²) in [5.74, 6) is 0.714. The molecule has 1 aromatic rings. The van der Waals surface area contributed by atoms with E-state index < -0.39 is 0 Å². The number of nitrogens with zero attached hydrogens (tertiary/aromatic N) is 2. The molecule has 1 aromatic heterocycles. The number of pyridine rings is 1. The highest BCUT2D eigenvalue weighted by Gasteiger charge is 2.23. The fourth-order valence-corrected chi connectivity index (χ4v) is 2.31. The van der Waals surface area contributed by atoms with Crippen LogP contribution in [0.3, 0.4) is 0 Å². The molecule has 0 bridgehead atoms. The quantitative estimate of drug-likeness (QED) is 0.916. The Bertz CT molecular complexity index is 450. The van der Waals surface area contributed by atoms with Crippen LogP contribution < -0.4 is 5.32 Å². The van der Waals surface area contributed by atoms with Crippen LogP contribution >= 0.6 is 0 Å². The summed E-state index contributed by atoms with van der Waals surface area (Å²) in [7, 11) is 0. The second-order valence-electron chi connectivity index (χ2n) is 5.11. The van der Waals surface area contributed by atoms with Crippen molar-refractivity contribution in [3.8, 4) is 0 Å². The van der Waals surface area contributed by atoms with Gasteiger partial charge < -0.3 is 15.0 Å². The Hall–Kier alpha value is -1.62. The van der Waals surface area contributed by atoms with E-state index in [0.29, 0.717) is 17.9 Å². The van der Waals surface area contributed by atoms with Crippen LogP contribution in [0, 0.1) is 0 Å². The first-order chi connectivity index (χ1) is 9.72. The molecule has 5 nitrogen and oxygen atoms in total. The molecule has 1 fully saturated rings. The van der Waals surface area contributed by atoms with E-state index in [1.807, 2.05) is 24.0 Å².